The summed E-state index contributed by atoms with van der Waals surface area (Å²) in [5, 5.41) is 2.69. The summed E-state index contributed by atoms with van der Waals surface area (Å²) in [4.78, 5) is 18.8. The minimum absolute atomic E-state index is 0.108. The van der Waals surface area contributed by atoms with Gasteiger partial charge in [-0.15, -0.1) is 24.0 Å². The van der Waals surface area contributed by atoms with Gasteiger partial charge in [0.2, 0.25) is 0 Å². The highest BCUT2D eigenvalue weighted by molar-refractivity contribution is 7.80. The molecule has 3 heterocycles. The number of rotatable bonds is 5. The van der Waals surface area contributed by atoms with Crippen LogP contribution in [0, 0.1) is 6.92 Å². The monoisotopic (exact) mass is 704 g/mol. The Bertz CT molecular complexity index is 2670. The first kappa shape index (κ1) is 31.0. The van der Waals surface area contributed by atoms with Crippen molar-refractivity contribution >= 4 is 55.5 Å². The Morgan fingerprint density at radius 2 is 1.23 bits per heavy atom. The van der Waals surface area contributed by atoms with Crippen LogP contribution >= 0.6 is 24.0 Å². The largest absolute Gasteiger partial charge is 0.333 e. The summed E-state index contributed by atoms with van der Waals surface area (Å²) in [5.74, 6) is 2.13. The zero-order valence-corrected chi connectivity index (χ0v) is 30.0. The van der Waals surface area contributed by atoms with Gasteiger partial charge in [-0.2, -0.15) is 0 Å². The predicted octanol–water partition coefficient (Wildman–Crippen LogP) is 12.2. The first-order valence-electron chi connectivity index (χ1n) is 17.5. The van der Waals surface area contributed by atoms with Gasteiger partial charge in [-0.3, -0.25) is 0 Å². The zero-order valence-electron chi connectivity index (χ0n) is 28.3. The second-order valence-electron chi connectivity index (χ2n) is 13.3. The molecule has 1 aliphatic carbocycles. The molecular weight excluding hydrogens is 673 g/mol. The van der Waals surface area contributed by atoms with Crippen LogP contribution < -0.4 is 4.90 Å². The van der Waals surface area contributed by atoms with E-state index < -0.39 is 0 Å². The molecule has 2 unspecified atom stereocenters. The van der Waals surface area contributed by atoms with Crippen molar-refractivity contribution in [1.29, 1.82) is 0 Å². The van der Waals surface area contributed by atoms with E-state index in [1.807, 2.05) is 53.8 Å². The minimum atomic E-state index is 0.108. The molecule has 2 aliphatic rings. The molecule has 0 amide bonds. The molecule has 4 nitrogen and oxygen atoms in total. The van der Waals surface area contributed by atoms with E-state index in [-0.39, 0.29) is 12.0 Å². The molecule has 0 radical (unpaired) electrons. The number of benzene rings is 6. The van der Waals surface area contributed by atoms with E-state index in [1.165, 1.54) is 31.4 Å². The number of hydrogen-bond donors (Lipinski definition) is 1. The van der Waals surface area contributed by atoms with E-state index in [1.54, 1.807) is 0 Å². The van der Waals surface area contributed by atoms with Gasteiger partial charge in [-0.25, -0.2) is 15.0 Å². The number of thiol groups is 1. The van der Waals surface area contributed by atoms with Crippen molar-refractivity contribution in [3.8, 4) is 45.3 Å². The van der Waals surface area contributed by atoms with Crippen LogP contribution in [-0.4, -0.2) is 21.0 Å². The third-order valence-electron chi connectivity index (χ3n) is 10.4. The fraction of sp³-hybridized carbons (Fsp3) is 0.0652. The van der Waals surface area contributed by atoms with Crippen molar-refractivity contribution in [1.82, 2.24) is 15.0 Å². The molecule has 2 aromatic heterocycles. The van der Waals surface area contributed by atoms with Crippen LogP contribution in [0.4, 0.5) is 11.4 Å². The van der Waals surface area contributed by atoms with Gasteiger partial charge in [0.25, 0.3) is 0 Å². The van der Waals surface area contributed by atoms with E-state index in [2.05, 4.69) is 127 Å². The minimum Gasteiger partial charge on any atom is -0.333 e. The quantitative estimate of drug-likeness (QED) is 0.181. The number of fused-ring (bicyclic) bond motifs is 7. The van der Waals surface area contributed by atoms with Gasteiger partial charge in [0.1, 0.15) is 0 Å². The van der Waals surface area contributed by atoms with Crippen LogP contribution in [0.5, 0.6) is 0 Å². The van der Waals surface area contributed by atoms with Gasteiger partial charge in [-0.05, 0) is 65.6 Å². The topological polar surface area (TPSA) is 41.9 Å². The number of aromatic nitrogens is 3. The lowest BCUT2D eigenvalue weighted by molar-refractivity contribution is 0.747. The standard InChI is InChI=1S/C46H32N4S2/c1-28-35(32-18-9-12-22-39(32)51)26-31(27-36(28)46-48-44(29-14-4-2-5-15-29)47-45(49-46)30-16-6-3-7-17-30)50-37-21-11-8-19-33(37)42-38(50)24-25-41-43(42)34-20-10-13-23-40(34)52-41/h2-27,33,37,51H,1H3. The predicted molar refractivity (Wildman–Crippen MR) is 220 cm³/mol. The molecule has 0 N–H and O–H groups in total. The molecule has 52 heavy (non-hydrogen) atoms. The summed E-state index contributed by atoms with van der Waals surface area (Å²) in [6.45, 7) is 2.17. The Hall–Kier alpha value is -5.82. The molecule has 8 aromatic rings. The number of hydrogen-bond acceptors (Lipinski definition) is 6. The number of thiophene rings is 1. The zero-order chi connectivity index (χ0) is 34.8. The fourth-order valence-electron chi connectivity index (χ4n) is 7.94. The molecule has 6 heteroatoms. The Labute approximate surface area is 311 Å². The van der Waals surface area contributed by atoms with Gasteiger partial charge in [0, 0.05) is 59.1 Å². The van der Waals surface area contributed by atoms with Crippen LogP contribution in [-0.2, 0) is 0 Å². The van der Waals surface area contributed by atoms with E-state index in [0.29, 0.717) is 17.5 Å². The Balaban J connectivity index is 1.25. The highest BCUT2D eigenvalue weighted by atomic mass is 32.1. The summed E-state index contributed by atoms with van der Waals surface area (Å²) < 4.78 is 2.64. The molecule has 10 rings (SSSR count). The van der Waals surface area contributed by atoms with Crippen molar-refractivity contribution in [2.75, 3.05) is 4.90 Å². The van der Waals surface area contributed by atoms with Gasteiger partial charge in [0.15, 0.2) is 17.5 Å². The average Bonchev–Trinajstić information content (AvgIpc) is 3.75. The maximum atomic E-state index is 5.20. The molecule has 0 spiro atoms. The number of allylic oxidation sites excluding steroid dienone is 2. The van der Waals surface area contributed by atoms with Crippen molar-refractivity contribution in [2.24, 2.45) is 0 Å². The Morgan fingerprint density at radius 3 is 1.98 bits per heavy atom. The van der Waals surface area contributed by atoms with Crippen molar-refractivity contribution < 1.29 is 0 Å². The van der Waals surface area contributed by atoms with Gasteiger partial charge in [0.05, 0.1) is 6.04 Å². The first-order valence-corrected chi connectivity index (χ1v) is 18.8. The van der Waals surface area contributed by atoms with Crippen molar-refractivity contribution in [2.45, 2.75) is 23.8 Å². The highest BCUT2D eigenvalue weighted by Crippen LogP contribution is 2.54. The third-order valence-corrected chi connectivity index (χ3v) is 11.9. The normalized spacial score (nSPS) is 16.1. The SMILES string of the molecule is Cc1c(-c2nc(-c3ccccc3)nc(-c3ccccc3)n2)cc(N2c3ccc4sc5ccccc5c4c3C3C=CC=CC32)cc1-c1ccccc1S. The second kappa shape index (κ2) is 12.4. The van der Waals surface area contributed by atoms with Crippen molar-refractivity contribution in [3.05, 3.63) is 169 Å². The lowest BCUT2D eigenvalue weighted by Gasteiger charge is -2.30. The summed E-state index contributed by atoms with van der Waals surface area (Å²) in [6.07, 6.45) is 9.11. The Kier molecular flexibility index (Phi) is 7.41. The van der Waals surface area contributed by atoms with Crippen LogP contribution in [0.2, 0.25) is 0 Å². The van der Waals surface area contributed by atoms with Gasteiger partial charge < -0.3 is 4.90 Å². The summed E-state index contributed by atoms with van der Waals surface area (Å²) in [7, 11) is 0. The van der Waals surface area contributed by atoms with Gasteiger partial charge in [-0.1, -0.05) is 121 Å². The Morgan fingerprint density at radius 1 is 0.596 bits per heavy atom. The molecule has 6 aromatic carbocycles. The highest BCUT2D eigenvalue weighted by Gasteiger charge is 2.40. The number of anilines is 2. The number of nitrogens with zero attached hydrogens (tertiary/aromatic N) is 4. The lowest BCUT2D eigenvalue weighted by atomic mass is 9.88. The maximum absolute atomic E-state index is 5.20. The molecule has 248 valence electrons. The summed E-state index contributed by atoms with van der Waals surface area (Å²) in [6, 6.07) is 46.8. The molecule has 0 bridgehead atoms. The third kappa shape index (κ3) is 5.01. The fourth-order valence-corrected chi connectivity index (χ4v) is 9.34. The molecule has 1 aliphatic heterocycles. The average molecular weight is 705 g/mol. The van der Waals surface area contributed by atoms with E-state index in [9.17, 15) is 0 Å². The van der Waals surface area contributed by atoms with Gasteiger partial charge >= 0.3 is 0 Å². The maximum Gasteiger partial charge on any atom is 0.164 e. The summed E-state index contributed by atoms with van der Waals surface area (Å²) in [5.41, 5.74) is 9.81. The second-order valence-corrected chi connectivity index (χ2v) is 14.9. The molecule has 0 saturated heterocycles. The molecular formula is C46H32N4S2. The molecule has 0 fully saturated rings. The van der Waals surface area contributed by atoms with Crippen LogP contribution in [0.15, 0.2) is 163 Å². The summed E-state index contributed by atoms with van der Waals surface area (Å²) >= 11 is 6.84. The van der Waals surface area contributed by atoms with Crippen molar-refractivity contribution in [3.63, 3.8) is 0 Å². The van der Waals surface area contributed by atoms with Crippen LogP contribution in [0.1, 0.15) is 17.0 Å². The van der Waals surface area contributed by atoms with Crippen LogP contribution in [0.3, 0.4) is 0 Å². The van der Waals surface area contributed by atoms with E-state index in [4.69, 9.17) is 27.6 Å². The van der Waals surface area contributed by atoms with E-state index in [0.717, 1.165) is 44.0 Å². The molecule has 0 saturated carbocycles. The van der Waals surface area contributed by atoms with Crippen LogP contribution in [0.25, 0.3) is 65.5 Å². The molecule has 2 atom stereocenters. The van der Waals surface area contributed by atoms with E-state index >= 15 is 0 Å². The smallest absolute Gasteiger partial charge is 0.164 e. The first-order chi connectivity index (χ1) is 25.6. The lowest BCUT2D eigenvalue weighted by Crippen LogP contribution is -2.28.